The lowest BCUT2D eigenvalue weighted by molar-refractivity contribution is -0.125. The van der Waals surface area contributed by atoms with Crippen molar-refractivity contribution in [1.29, 1.82) is 0 Å². The molecule has 7 heteroatoms. The standard InChI is InChI=1S/C26H31ClN2O4/c1-17-15-26(12-13-28(17)24(31)33-25(2,3)4)21-14-19(27)8-11-22(21)29(23(26)30)16-18-6-9-20(32-5)10-7-18/h6-11,14,17H,12-13,15-16H2,1-5H3/t17-,26?/m0/s1. The van der Waals surface area contributed by atoms with Gasteiger partial charge in [0, 0.05) is 23.3 Å². The highest BCUT2D eigenvalue weighted by atomic mass is 35.5. The maximum absolute atomic E-state index is 14.0. The molecule has 0 aromatic heterocycles. The van der Waals surface area contributed by atoms with Gasteiger partial charge in [0.2, 0.25) is 5.91 Å². The van der Waals surface area contributed by atoms with E-state index >= 15 is 0 Å². The van der Waals surface area contributed by atoms with E-state index in [1.165, 1.54) is 0 Å². The van der Waals surface area contributed by atoms with E-state index in [1.807, 2.05) is 75.1 Å². The SMILES string of the molecule is COc1ccc(CN2C(=O)C3(CCN(C(=O)OC(C)(C)C)[C@@H](C)C3)c3cc(Cl)ccc32)cc1. The van der Waals surface area contributed by atoms with Crippen LogP contribution >= 0.6 is 11.6 Å². The molecule has 6 nitrogen and oxygen atoms in total. The van der Waals surface area contributed by atoms with Crippen molar-refractivity contribution in [3.63, 3.8) is 0 Å². The van der Waals surface area contributed by atoms with Gasteiger partial charge in [0.1, 0.15) is 11.4 Å². The largest absolute Gasteiger partial charge is 0.497 e. The summed E-state index contributed by atoms with van der Waals surface area (Å²) in [6.45, 7) is 8.46. The van der Waals surface area contributed by atoms with Gasteiger partial charge in [-0.05, 0) is 82.0 Å². The van der Waals surface area contributed by atoms with Crippen molar-refractivity contribution in [2.24, 2.45) is 0 Å². The van der Waals surface area contributed by atoms with E-state index in [2.05, 4.69) is 0 Å². The molecule has 2 aromatic rings. The number of anilines is 1. The molecule has 4 rings (SSSR count). The Morgan fingerprint density at radius 3 is 2.48 bits per heavy atom. The molecule has 1 fully saturated rings. The second-order valence-corrected chi connectivity index (χ2v) is 10.4. The Labute approximate surface area is 200 Å². The summed E-state index contributed by atoms with van der Waals surface area (Å²) in [4.78, 5) is 30.3. The summed E-state index contributed by atoms with van der Waals surface area (Å²) in [5.74, 6) is 0.838. The van der Waals surface area contributed by atoms with Crippen molar-refractivity contribution in [3.8, 4) is 5.75 Å². The van der Waals surface area contributed by atoms with Gasteiger partial charge < -0.3 is 19.3 Å². The van der Waals surface area contributed by atoms with Crippen molar-refractivity contribution in [3.05, 3.63) is 58.6 Å². The first kappa shape index (κ1) is 23.4. The fourth-order valence-corrected chi connectivity index (χ4v) is 5.13. The first-order valence-corrected chi connectivity index (χ1v) is 11.7. The molecule has 176 valence electrons. The average Bonchev–Trinajstić information content (AvgIpc) is 2.95. The molecule has 0 saturated carbocycles. The van der Waals surface area contributed by atoms with Gasteiger partial charge in [-0.1, -0.05) is 23.7 Å². The number of amides is 2. The van der Waals surface area contributed by atoms with Gasteiger partial charge in [-0.15, -0.1) is 0 Å². The third-order valence-electron chi connectivity index (χ3n) is 6.50. The molecule has 2 heterocycles. The number of nitrogens with zero attached hydrogens (tertiary/aromatic N) is 2. The molecule has 33 heavy (non-hydrogen) atoms. The molecule has 2 aliphatic rings. The lowest BCUT2D eigenvalue weighted by Crippen LogP contribution is -2.54. The molecule has 1 spiro atoms. The van der Waals surface area contributed by atoms with Gasteiger partial charge in [-0.25, -0.2) is 4.79 Å². The van der Waals surface area contributed by atoms with E-state index in [1.54, 1.807) is 12.0 Å². The number of methoxy groups -OCH3 is 1. The lowest BCUT2D eigenvalue weighted by Gasteiger charge is -2.43. The Hall–Kier alpha value is -2.73. The molecular formula is C26H31ClN2O4. The number of carbonyl (C=O) groups is 2. The normalized spacial score (nSPS) is 22.5. The second kappa shape index (κ2) is 8.56. The predicted molar refractivity (Wildman–Crippen MR) is 129 cm³/mol. The molecule has 1 unspecified atom stereocenters. The Morgan fingerprint density at radius 2 is 1.88 bits per heavy atom. The van der Waals surface area contributed by atoms with Crippen LogP contribution in [0.15, 0.2) is 42.5 Å². The van der Waals surface area contributed by atoms with E-state index in [4.69, 9.17) is 21.1 Å². The summed E-state index contributed by atoms with van der Waals surface area (Å²) < 4.78 is 10.8. The Morgan fingerprint density at radius 1 is 1.18 bits per heavy atom. The molecule has 0 aliphatic carbocycles. The number of benzene rings is 2. The maximum atomic E-state index is 14.0. The fraction of sp³-hybridized carbons (Fsp3) is 0.462. The van der Waals surface area contributed by atoms with E-state index < -0.39 is 11.0 Å². The molecular weight excluding hydrogens is 440 g/mol. The number of carbonyl (C=O) groups excluding carboxylic acids is 2. The summed E-state index contributed by atoms with van der Waals surface area (Å²) in [6, 6.07) is 13.3. The van der Waals surface area contributed by atoms with E-state index in [0.717, 1.165) is 22.6 Å². The minimum atomic E-state index is -0.704. The fourth-order valence-electron chi connectivity index (χ4n) is 4.96. The first-order valence-electron chi connectivity index (χ1n) is 11.3. The average molecular weight is 471 g/mol. The Balaban J connectivity index is 1.63. The first-order chi connectivity index (χ1) is 15.5. The Bertz CT molecular complexity index is 1060. The number of hydrogen-bond donors (Lipinski definition) is 0. The van der Waals surface area contributed by atoms with Gasteiger partial charge in [0.05, 0.1) is 19.1 Å². The molecule has 0 N–H and O–H groups in total. The number of likely N-dealkylation sites (tertiary alicyclic amines) is 1. The van der Waals surface area contributed by atoms with Crippen LogP contribution in [0, 0.1) is 0 Å². The number of piperidine rings is 1. The van der Waals surface area contributed by atoms with Crippen molar-refractivity contribution >= 4 is 29.3 Å². The van der Waals surface area contributed by atoms with Crippen LogP contribution in [0.4, 0.5) is 10.5 Å². The van der Waals surface area contributed by atoms with Crippen molar-refractivity contribution in [2.45, 2.75) is 64.1 Å². The molecule has 1 saturated heterocycles. The quantitative estimate of drug-likeness (QED) is 0.589. The van der Waals surface area contributed by atoms with Crippen LogP contribution in [0.25, 0.3) is 0 Å². The van der Waals surface area contributed by atoms with Crippen LogP contribution in [0.2, 0.25) is 5.02 Å². The highest BCUT2D eigenvalue weighted by Gasteiger charge is 2.54. The van der Waals surface area contributed by atoms with Crippen LogP contribution < -0.4 is 9.64 Å². The predicted octanol–water partition coefficient (Wildman–Crippen LogP) is 5.55. The monoisotopic (exact) mass is 470 g/mol. The van der Waals surface area contributed by atoms with Gasteiger partial charge in [-0.2, -0.15) is 0 Å². The minimum Gasteiger partial charge on any atom is -0.497 e. The van der Waals surface area contributed by atoms with Crippen LogP contribution in [-0.2, 0) is 21.5 Å². The Kier molecular flexibility index (Phi) is 6.08. The zero-order valence-corrected chi connectivity index (χ0v) is 20.6. The zero-order chi connectivity index (χ0) is 24.0. The lowest BCUT2D eigenvalue weighted by atomic mass is 9.71. The minimum absolute atomic E-state index is 0.0614. The molecule has 2 aliphatic heterocycles. The second-order valence-electron chi connectivity index (χ2n) is 9.96. The van der Waals surface area contributed by atoms with Crippen molar-refractivity contribution < 1.29 is 19.1 Å². The number of rotatable bonds is 3. The summed E-state index contributed by atoms with van der Waals surface area (Å²) in [6.07, 6.45) is 0.719. The van der Waals surface area contributed by atoms with Crippen LogP contribution in [-0.4, -0.2) is 42.2 Å². The smallest absolute Gasteiger partial charge is 0.410 e. The van der Waals surface area contributed by atoms with Gasteiger partial charge >= 0.3 is 6.09 Å². The van der Waals surface area contributed by atoms with Crippen molar-refractivity contribution in [2.75, 3.05) is 18.6 Å². The van der Waals surface area contributed by atoms with Gasteiger partial charge in [0.25, 0.3) is 0 Å². The zero-order valence-electron chi connectivity index (χ0n) is 19.9. The van der Waals surface area contributed by atoms with Crippen LogP contribution in [0.5, 0.6) is 5.75 Å². The molecule has 0 radical (unpaired) electrons. The van der Waals surface area contributed by atoms with Gasteiger partial charge in [-0.3, -0.25) is 4.79 Å². The molecule has 2 amide bonds. The summed E-state index contributed by atoms with van der Waals surface area (Å²) >= 11 is 6.37. The van der Waals surface area contributed by atoms with E-state index in [0.29, 0.717) is 31.0 Å². The number of fused-ring (bicyclic) bond motifs is 2. The van der Waals surface area contributed by atoms with E-state index in [-0.39, 0.29) is 18.0 Å². The summed E-state index contributed by atoms with van der Waals surface area (Å²) in [5, 5.41) is 0.606. The molecule has 0 bridgehead atoms. The van der Waals surface area contributed by atoms with Crippen molar-refractivity contribution in [1.82, 2.24) is 4.90 Å². The van der Waals surface area contributed by atoms with E-state index in [9.17, 15) is 9.59 Å². The van der Waals surface area contributed by atoms with Gasteiger partial charge in [0.15, 0.2) is 0 Å². The highest BCUT2D eigenvalue weighted by molar-refractivity contribution is 6.31. The molecule has 2 atom stereocenters. The maximum Gasteiger partial charge on any atom is 0.410 e. The molecule has 2 aromatic carbocycles. The third-order valence-corrected chi connectivity index (χ3v) is 6.74. The third kappa shape index (κ3) is 4.41. The summed E-state index contributed by atoms with van der Waals surface area (Å²) in [7, 11) is 1.63. The number of hydrogen-bond acceptors (Lipinski definition) is 4. The van der Waals surface area contributed by atoms with Crippen LogP contribution in [0.3, 0.4) is 0 Å². The summed E-state index contributed by atoms with van der Waals surface area (Å²) in [5.41, 5.74) is 1.58. The van der Waals surface area contributed by atoms with Crippen LogP contribution in [0.1, 0.15) is 51.7 Å². The number of ether oxygens (including phenoxy) is 2. The topological polar surface area (TPSA) is 59.1 Å². The number of halogens is 1. The highest BCUT2D eigenvalue weighted by Crippen LogP contribution is 2.50.